The number of amides is 1. The Labute approximate surface area is 146 Å². The molecule has 0 aliphatic carbocycles. The van der Waals surface area contributed by atoms with E-state index < -0.39 is 0 Å². The molecule has 2 aromatic rings. The number of benzene rings is 2. The van der Waals surface area contributed by atoms with E-state index in [0.717, 1.165) is 33.4 Å². The van der Waals surface area contributed by atoms with E-state index in [1.165, 1.54) is 0 Å². The number of hydrogen-bond donors (Lipinski definition) is 1. The average Bonchev–Trinajstić information content (AvgIpc) is 2.59. The van der Waals surface area contributed by atoms with Gasteiger partial charge in [-0.15, -0.1) is 11.8 Å². The molecule has 122 valence electrons. The van der Waals surface area contributed by atoms with Crippen LogP contribution in [-0.2, 0) is 11.2 Å². The Morgan fingerprint density at radius 3 is 2.48 bits per heavy atom. The summed E-state index contributed by atoms with van der Waals surface area (Å²) in [5.41, 5.74) is 1.14. The minimum atomic E-state index is 0.0810. The summed E-state index contributed by atoms with van der Waals surface area (Å²) in [6, 6.07) is 15.5. The molecule has 3 nitrogen and oxygen atoms in total. The Balaban J connectivity index is 1.62. The highest BCUT2D eigenvalue weighted by Crippen LogP contribution is 2.19. The van der Waals surface area contributed by atoms with Crippen molar-refractivity contribution in [2.75, 3.05) is 19.4 Å². The second-order valence-corrected chi connectivity index (χ2v) is 6.61. The lowest BCUT2D eigenvalue weighted by Crippen LogP contribution is -2.25. The highest BCUT2D eigenvalue weighted by atomic mass is 35.5. The minimum Gasteiger partial charge on any atom is -0.497 e. The molecule has 0 heterocycles. The molecule has 2 rings (SSSR count). The van der Waals surface area contributed by atoms with Crippen LogP contribution in [0.3, 0.4) is 0 Å². The van der Waals surface area contributed by atoms with Gasteiger partial charge in [0.05, 0.1) is 7.11 Å². The molecular weight excluding hydrogens is 330 g/mol. The maximum absolute atomic E-state index is 11.8. The van der Waals surface area contributed by atoms with Crippen LogP contribution in [0.2, 0.25) is 5.02 Å². The van der Waals surface area contributed by atoms with Gasteiger partial charge < -0.3 is 10.1 Å². The van der Waals surface area contributed by atoms with Crippen LogP contribution < -0.4 is 10.1 Å². The van der Waals surface area contributed by atoms with Gasteiger partial charge >= 0.3 is 0 Å². The molecule has 5 heteroatoms. The van der Waals surface area contributed by atoms with Crippen LogP contribution in [-0.4, -0.2) is 25.3 Å². The van der Waals surface area contributed by atoms with Crippen LogP contribution in [0.5, 0.6) is 5.75 Å². The molecule has 0 radical (unpaired) electrons. The van der Waals surface area contributed by atoms with Crippen molar-refractivity contribution in [1.29, 1.82) is 0 Å². The highest BCUT2D eigenvalue weighted by molar-refractivity contribution is 7.99. The van der Waals surface area contributed by atoms with Crippen molar-refractivity contribution >= 4 is 29.3 Å². The van der Waals surface area contributed by atoms with E-state index in [9.17, 15) is 4.79 Å². The van der Waals surface area contributed by atoms with Gasteiger partial charge in [0.1, 0.15) is 5.75 Å². The molecule has 0 aliphatic heterocycles. The first-order valence-electron chi connectivity index (χ1n) is 7.45. The Kier molecular flexibility index (Phi) is 7.30. The summed E-state index contributed by atoms with van der Waals surface area (Å²) in [4.78, 5) is 13.0. The Morgan fingerprint density at radius 2 is 1.83 bits per heavy atom. The van der Waals surface area contributed by atoms with Crippen molar-refractivity contribution in [3.63, 3.8) is 0 Å². The molecule has 0 saturated carbocycles. The number of aryl methyl sites for hydroxylation is 1. The van der Waals surface area contributed by atoms with E-state index >= 15 is 0 Å². The highest BCUT2D eigenvalue weighted by Gasteiger charge is 2.02. The predicted molar refractivity (Wildman–Crippen MR) is 96.5 cm³/mol. The molecule has 0 fully saturated rings. The second-order valence-electron chi connectivity index (χ2n) is 5.00. The summed E-state index contributed by atoms with van der Waals surface area (Å²) in [7, 11) is 1.64. The third kappa shape index (κ3) is 6.55. The fourth-order valence-corrected chi connectivity index (χ4v) is 2.92. The molecule has 1 N–H and O–H groups in total. The van der Waals surface area contributed by atoms with Crippen LogP contribution >= 0.6 is 23.4 Å². The van der Waals surface area contributed by atoms with Gasteiger partial charge in [0, 0.05) is 28.6 Å². The van der Waals surface area contributed by atoms with Crippen molar-refractivity contribution in [3.05, 3.63) is 59.1 Å². The van der Waals surface area contributed by atoms with E-state index in [-0.39, 0.29) is 5.91 Å². The summed E-state index contributed by atoms with van der Waals surface area (Å²) in [5, 5.41) is 3.68. The molecule has 0 saturated heterocycles. The number of methoxy groups -OCH3 is 1. The fourth-order valence-electron chi connectivity index (χ4n) is 2.03. The summed E-state index contributed by atoms with van der Waals surface area (Å²) in [6.07, 6.45) is 1.23. The first-order chi connectivity index (χ1) is 11.2. The van der Waals surface area contributed by atoms with Crippen LogP contribution in [0.1, 0.15) is 12.0 Å². The summed E-state index contributed by atoms with van der Waals surface area (Å²) in [5.74, 6) is 1.76. The van der Waals surface area contributed by atoms with Gasteiger partial charge in [0.15, 0.2) is 0 Å². The molecule has 0 bridgehead atoms. The van der Waals surface area contributed by atoms with Crippen LogP contribution in [0, 0.1) is 0 Å². The summed E-state index contributed by atoms with van der Waals surface area (Å²) < 4.78 is 5.11. The fraction of sp³-hybridized carbons (Fsp3) is 0.278. The number of nitrogens with one attached hydrogen (secondary N) is 1. The van der Waals surface area contributed by atoms with Crippen molar-refractivity contribution < 1.29 is 9.53 Å². The third-order valence-electron chi connectivity index (χ3n) is 3.31. The average molecular weight is 350 g/mol. The van der Waals surface area contributed by atoms with Crippen molar-refractivity contribution in [2.24, 2.45) is 0 Å². The van der Waals surface area contributed by atoms with Gasteiger partial charge in [-0.2, -0.15) is 0 Å². The van der Waals surface area contributed by atoms with Crippen LogP contribution in [0.4, 0.5) is 0 Å². The summed E-state index contributed by atoms with van der Waals surface area (Å²) >= 11 is 7.55. The zero-order chi connectivity index (χ0) is 16.5. The van der Waals surface area contributed by atoms with Gasteiger partial charge in [-0.3, -0.25) is 4.79 Å². The molecule has 2 aromatic carbocycles. The summed E-state index contributed by atoms with van der Waals surface area (Å²) in [6.45, 7) is 0.661. The third-order valence-corrected chi connectivity index (χ3v) is 4.57. The molecule has 0 spiro atoms. The molecule has 0 aromatic heterocycles. The molecule has 0 unspecified atom stereocenters. The maximum atomic E-state index is 11.8. The van der Waals surface area contributed by atoms with Gasteiger partial charge in [-0.25, -0.2) is 0 Å². The topological polar surface area (TPSA) is 38.3 Å². The lowest BCUT2D eigenvalue weighted by molar-refractivity contribution is -0.120. The van der Waals surface area contributed by atoms with E-state index in [1.54, 1.807) is 18.9 Å². The number of hydrogen-bond acceptors (Lipinski definition) is 3. The van der Waals surface area contributed by atoms with Gasteiger partial charge in [0.25, 0.3) is 0 Å². The van der Waals surface area contributed by atoms with Gasteiger partial charge in [0.2, 0.25) is 5.91 Å². The number of ether oxygens (including phenoxy) is 1. The largest absolute Gasteiger partial charge is 0.497 e. The maximum Gasteiger partial charge on any atom is 0.220 e. The Hall–Kier alpha value is -1.65. The second kappa shape index (κ2) is 9.48. The quantitative estimate of drug-likeness (QED) is 0.573. The zero-order valence-corrected chi connectivity index (χ0v) is 14.6. The first kappa shape index (κ1) is 17.7. The van der Waals surface area contributed by atoms with E-state index in [4.69, 9.17) is 16.3 Å². The predicted octanol–water partition coefficient (Wildman–Crippen LogP) is 4.19. The smallest absolute Gasteiger partial charge is 0.220 e. The monoisotopic (exact) mass is 349 g/mol. The normalized spacial score (nSPS) is 10.3. The number of carbonyl (C=O) groups excluding carboxylic acids is 1. The Morgan fingerprint density at radius 1 is 1.13 bits per heavy atom. The number of halogens is 1. The van der Waals surface area contributed by atoms with Gasteiger partial charge in [-0.05, 0) is 48.4 Å². The number of rotatable bonds is 8. The SMILES string of the molecule is COc1ccc(CCC(=O)NCCSc2ccc(Cl)cc2)cc1. The standard InChI is InChI=1S/C18H20ClNO2S/c1-22-16-7-2-14(3-8-16)4-11-18(21)20-12-13-23-17-9-5-15(19)6-10-17/h2-3,5-10H,4,11-13H2,1H3,(H,20,21). The van der Waals surface area contributed by atoms with Gasteiger partial charge in [-0.1, -0.05) is 23.7 Å². The molecule has 0 aliphatic rings. The Bertz CT molecular complexity index is 614. The number of carbonyl (C=O) groups is 1. The van der Waals surface area contributed by atoms with Crippen molar-refractivity contribution in [3.8, 4) is 5.75 Å². The molecule has 1 amide bonds. The van der Waals surface area contributed by atoms with Crippen molar-refractivity contribution in [2.45, 2.75) is 17.7 Å². The first-order valence-corrected chi connectivity index (χ1v) is 8.82. The molecule has 23 heavy (non-hydrogen) atoms. The van der Waals surface area contributed by atoms with Crippen LogP contribution in [0.25, 0.3) is 0 Å². The molecular formula is C18H20ClNO2S. The minimum absolute atomic E-state index is 0.0810. The van der Waals surface area contributed by atoms with E-state index in [2.05, 4.69) is 5.32 Å². The lowest BCUT2D eigenvalue weighted by Gasteiger charge is -2.06. The van der Waals surface area contributed by atoms with Crippen LogP contribution in [0.15, 0.2) is 53.4 Å². The van der Waals surface area contributed by atoms with Crippen molar-refractivity contribution in [1.82, 2.24) is 5.32 Å². The number of thioether (sulfide) groups is 1. The van der Waals surface area contributed by atoms with E-state index in [0.29, 0.717) is 13.0 Å². The zero-order valence-electron chi connectivity index (χ0n) is 13.0. The van der Waals surface area contributed by atoms with E-state index in [1.807, 2.05) is 48.5 Å². The molecule has 0 atom stereocenters. The lowest BCUT2D eigenvalue weighted by atomic mass is 10.1.